The molecular weight excluding hydrogens is 222 g/mol. The molecule has 1 fully saturated rings. The normalized spacial score (nSPS) is 24.0. The highest BCUT2D eigenvalue weighted by atomic mass is 35.5. The zero-order valence-electron chi connectivity index (χ0n) is 10.1. The van der Waals surface area contributed by atoms with Crippen molar-refractivity contribution in [2.45, 2.75) is 32.1 Å². The predicted molar refractivity (Wildman–Crippen MR) is 67.1 cm³/mol. The van der Waals surface area contributed by atoms with Crippen LogP contribution >= 0.6 is 11.6 Å². The van der Waals surface area contributed by atoms with Crippen molar-refractivity contribution in [1.82, 2.24) is 9.97 Å². The van der Waals surface area contributed by atoms with Gasteiger partial charge in [0.05, 0.1) is 17.6 Å². The van der Waals surface area contributed by atoms with Crippen LogP contribution in [0.3, 0.4) is 0 Å². The fourth-order valence-corrected chi connectivity index (χ4v) is 2.50. The van der Waals surface area contributed by atoms with E-state index in [9.17, 15) is 0 Å². The summed E-state index contributed by atoms with van der Waals surface area (Å²) in [6.45, 7) is 5.01. The second-order valence-electron chi connectivity index (χ2n) is 4.71. The number of halogens is 1. The lowest BCUT2D eigenvalue weighted by Gasteiger charge is -2.34. The standard InChI is InChI=1S/C12H18ClN3/c1-8-9(2)15-12(6-14-8)16(3)7-10-4-11(13)5-10/h6,10-11H,4-5,7H2,1-3H3. The number of aryl methyl sites for hydroxylation is 2. The first kappa shape index (κ1) is 11.6. The summed E-state index contributed by atoms with van der Waals surface area (Å²) in [5.41, 5.74) is 2.01. The van der Waals surface area contributed by atoms with Crippen molar-refractivity contribution >= 4 is 17.4 Å². The quantitative estimate of drug-likeness (QED) is 0.760. The third-order valence-electron chi connectivity index (χ3n) is 3.28. The molecule has 0 atom stereocenters. The van der Waals surface area contributed by atoms with Crippen LogP contribution in [0.1, 0.15) is 24.2 Å². The molecule has 1 aromatic heterocycles. The molecule has 1 aliphatic rings. The Bertz CT molecular complexity index is 375. The second-order valence-corrected chi connectivity index (χ2v) is 5.33. The molecule has 2 rings (SSSR count). The minimum Gasteiger partial charge on any atom is -0.358 e. The summed E-state index contributed by atoms with van der Waals surface area (Å²) >= 11 is 5.97. The number of nitrogens with zero attached hydrogens (tertiary/aromatic N) is 3. The van der Waals surface area contributed by atoms with E-state index in [4.69, 9.17) is 11.6 Å². The van der Waals surface area contributed by atoms with Crippen LogP contribution in [0.25, 0.3) is 0 Å². The van der Waals surface area contributed by atoms with Crippen molar-refractivity contribution in [3.05, 3.63) is 17.6 Å². The zero-order chi connectivity index (χ0) is 11.7. The van der Waals surface area contributed by atoms with Gasteiger partial charge in [-0.25, -0.2) is 4.98 Å². The summed E-state index contributed by atoms with van der Waals surface area (Å²) in [7, 11) is 2.07. The van der Waals surface area contributed by atoms with Gasteiger partial charge in [-0.3, -0.25) is 4.98 Å². The van der Waals surface area contributed by atoms with E-state index in [0.29, 0.717) is 5.38 Å². The molecule has 0 aliphatic heterocycles. The maximum Gasteiger partial charge on any atom is 0.147 e. The lowest BCUT2D eigenvalue weighted by atomic mass is 9.84. The number of aromatic nitrogens is 2. The number of hydrogen-bond donors (Lipinski definition) is 0. The molecule has 0 amide bonds. The molecule has 1 saturated carbocycles. The first-order valence-electron chi connectivity index (χ1n) is 5.71. The summed E-state index contributed by atoms with van der Waals surface area (Å²) in [5.74, 6) is 1.68. The topological polar surface area (TPSA) is 29.0 Å². The maximum atomic E-state index is 5.97. The van der Waals surface area contributed by atoms with E-state index in [0.717, 1.165) is 42.5 Å². The van der Waals surface area contributed by atoms with Gasteiger partial charge in [-0.2, -0.15) is 0 Å². The fourth-order valence-electron chi connectivity index (χ4n) is 2.00. The van der Waals surface area contributed by atoms with Crippen molar-refractivity contribution in [1.29, 1.82) is 0 Å². The Kier molecular flexibility index (Phi) is 3.33. The Hall–Kier alpha value is -0.830. The Balaban J connectivity index is 1.97. The van der Waals surface area contributed by atoms with Gasteiger partial charge in [-0.05, 0) is 32.6 Å². The molecule has 0 unspecified atom stereocenters. The van der Waals surface area contributed by atoms with E-state index in [1.54, 1.807) is 0 Å². The summed E-state index contributed by atoms with van der Waals surface area (Å²) < 4.78 is 0. The number of alkyl halides is 1. The van der Waals surface area contributed by atoms with Crippen LogP contribution in [-0.4, -0.2) is 28.9 Å². The summed E-state index contributed by atoms with van der Waals surface area (Å²) in [6.07, 6.45) is 4.10. The molecule has 0 aromatic carbocycles. The van der Waals surface area contributed by atoms with E-state index in [2.05, 4.69) is 21.9 Å². The van der Waals surface area contributed by atoms with Crippen molar-refractivity contribution in [3.8, 4) is 0 Å². The molecule has 0 radical (unpaired) electrons. The summed E-state index contributed by atoms with van der Waals surface area (Å²) in [6, 6.07) is 0. The molecule has 0 N–H and O–H groups in total. The molecule has 1 aromatic rings. The van der Waals surface area contributed by atoms with Gasteiger partial charge < -0.3 is 4.90 Å². The van der Waals surface area contributed by atoms with E-state index in [1.807, 2.05) is 20.0 Å². The molecular formula is C12H18ClN3. The smallest absolute Gasteiger partial charge is 0.147 e. The summed E-state index contributed by atoms with van der Waals surface area (Å²) in [4.78, 5) is 11.0. The van der Waals surface area contributed by atoms with Crippen LogP contribution in [0.2, 0.25) is 0 Å². The van der Waals surface area contributed by atoms with Gasteiger partial charge in [0.25, 0.3) is 0 Å². The van der Waals surface area contributed by atoms with Gasteiger partial charge in [-0.15, -0.1) is 11.6 Å². The lowest BCUT2D eigenvalue weighted by Crippen LogP contribution is -2.35. The van der Waals surface area contributed by atoms with Crippen LogP contribution in [0.15, 0.2) is 6.20 Å². The number of rotatable bonds is 3. The molecule has 1 heterocycles. The van der Waals surface area contributed by atoms with Crippen molar-refractivity contribution in [3.63, 3.8) is 0 Å². The Labute approximate surface area is 102 Å². The first-order valence-corrected chi connectivity index (χ1v) is 6.15. The number of anilines is 1. The van der Waals surface area contributed by atoms with Crippen LogP contribution in [-0.2, 0) is 0 Å². The molecule has 3 nitrogen and oxygen atoms in total. The average Bonchev–Trinajstić information content (AvgIpc) is 2.19. The van der Waals surface area contributed by atoms with Gasteiger partial charge >= 0.3 is 0 Å². The SMILES string of the molecule is Cc1ncc(N(C)CC2CC(Cl)C2)nc1C. The largest absolute Gasteiger partial charge is 0.358 e. The van der Waals surface area contributed by atoms with Crippen molar-refractivity contribution < 1.29 is 0 Å². The Morgan fingerprint density at radius 1 is 1.38 bits per heavy atom. The van der Waals surface area contributed by atoms with Crippen LogP contribution in [0.4, 0.5) is 5.82 Å². The highest BCUT2D eigenvalue weighted by molar-refractivity contribution is 6.21. The molecule has 0 spiro atoms. The van der Waals surface area contributed by atoms with Gasteiger partial charge in [-0.1, -0.05) is 0 Å². The van der Waals surface area contributed by atoms with Crippen LogP contribution < -0.4 is 4.90 Å². The third kappa shape index (κ3) is 2.46. The highest BCUT2D eigenvalue weighted by Crippen LogP contribution is 2.32. The third-order valence-corrected chi connectivity index (χ3v) is 3.64. The zero-order valence-corrected chi connectivity index (χ0v) is 10.8. The number of hydrogen-bond acceptors (Lipinski definition) is 3. The summed E-state index contributed by atoms with van der Waals surface area (Å²) in [5, 5.41) is 0.393. The lowest BCUT2D eigenvalue weighted by molar-refractivity contribution is 0.328. The second kappa shape index (κ2) is 4.58. The molecule has 0 bridgehead atoms. The highest BCUT2D eigenvalue weighted by Gasteiger charge is 2.28. The van der Waals surface area contributed by atoms with E-state index in [1.165, 1.54) is 0 Å². The molecule has 0 saturated heterocycles. The van der Waals surface area contributed by atoms with Crippen molar-refractivity contribution in [2.24, 2.45) is 5.92 Å². The average molecular weight is 240 g/mol. The van der Waals surface area contributed by atoms with Gasteiger partial charge in [0.2, 0.25) is 0 Å². The predicted octanol–water partition coefficient (Wildman–Crippen LogP) is 2.55. The van der Waals surface area contributed by atoms with Gasteiger partial charge in [0.1, 0.15) is 5.82 Å². The van der Waals surface area contributed by atoms with E-state index in [-0.39, 0.29) is 0 Å². The van der Waals surface area contributed by atoms with E-state index >= 15 is 0 Å². The Morgan fingerprint density at radius 3 is 2.62 bits per heavy atom. The minimum absolute atomic E-state index is 0.393. The molecule has 1 aliphatic carbocycles. The first-order chi connectivity index (χ1) is 7.56. The minimum atomic E-state index is 0.393. The fraction of sp³-hybridized carbons (Fsp3) is 0.667. The van der Waals surface area contributed by atoms with Gasteiger partial charge in [0.15, 0.2) is 0 Å². The molecule has 4 heteroatoms. The molecule has 16 heavy (non-hydrogen) atoms. The van der Waals surface area contributed by atoms with Crippen molar-refractivity contribution in [2.75, 3.05) is 18.5 Å². The van der Waals surface area contributed by atoms with Gasteiger partial charge in [0, 0.05) is 19.0 Å². The van der Waals surface area contributed by atoms with E-state index < -0.39 is 0 Å². The maximum absolute atomic E-state index is 5.97. The van der Waals surface area contributed by atoms with Crippen LogP contribution in [0, 0.1) is 19.8 Å². The Morgan fingerprint density at radius 2 is 2.06 bits per heavy atom. The van der Waals surface area contributed by atoms with Crippen LogP contribution in [0.5, 0.6) is 0 Å². The molecule has 88 valence electrons. The monoisotopic (exact) mass is 239 g/mol.